The van der Waals surface area contributed by atoms with Gasteiger partial charge in [0.2, 0.25) is 10.0 Å². The summed E-state index contributed by atoms with van der Waals surface area (Å²) in [4.78, 5) is 0.270. The van der Waals surface area contributed by atoms with E-state index in [0.29, 0.717) is 18.8 Å². The Morgan fingerprint density at radius 3 is 2.65 bits per heavy atom. The number of hydrogen-bond donors (Lipinski definition) is 2. The van der Waals surface area contributed by atoms with Crippen LogP contribution in [0.5, 0.6) is 0 Å². The smallest absolute Gasteiger partial charge is 0.240 e. The Balaban J connectivity index is 2.02. The second-order valence-corrected chi connectivity index (χ2v) is 7.35. The van der Waals surface area contributed by atoms with Crippen molar-refractivity contribution in [1.82, 2.24) is 4.72 Å². The fourth-order valence-corrected chi connectivity index (χ4v) is 3.40. The SMILES string of the molecule is COCCC1(CNS(=O)(=O)c2ccc(N)c(C)c2)CC1. The van der Waals surface area contributed by atoms with Crippen LogP contribution >= 0.6 is 0 Å². The van der Waals surface area contributed by atoms with Gasteiger partial charge < -0.3 is 10.5 Å². The minimum Gasteiger partial charge on any atom is -0.399 e. The number of aryl methyl sites for hydroxylation is 1. The van der Waals surface area contributed by atoms with E-state index >= 15 is 0 Å². The molecule has 0 atom stereocenters. The highest BCUT2D eigenvalue weighted by molar-refractivity contribution is 7.89. The molecule has 5 nitrogen and oxygen atoms in total. The van der Waals surface area contributed by atoms with Gasteiger partial charge in [-0.15, -0.1) is 0 Å². The lowest BCUT2D eigenvalue weighted by molar-refractivity contribution is 0.173. The molecule has 1 aliphatic carbocycles. The van der Waals surface area contributed by atoms with Crippen molar-refractivity contribution in [2.24, 2.45) is 5.41 Å². The number of ether oxygens (including phenoxy) is 1. The molecule has 0 radical (unpaired) electrons. The van der Waals surface area contributed by atoms with Crippen molar-refractivity contribution < 1.29 is 13.2 Å². The van der Waals surface area contributed by atoms with Crippen LogP contribution in [-0.4, -0.2) is 28.7 Å². The summed E-state index contributed by atoms with van der Waals surface area (Å²) in [5.41, 5.74) is 7.17. The van der Waals surface area contributed by atoms with Crippen LogP contribution in [0.25, 0.3) is 0 Å². The minimum atomic E-state index is -3.46. The van der Waals surface area contributed by atoms with E-state index in [0.717, 1.165) is 24.8 Å². The van der Waals surface area contributed by atoms with Gasteiger partial charge in [-0.2, -0.15) is 0 Å². The van der Waals surface area contributed by atoms with Gasteiger partial charge >= 0.3 is 0 Å². The Hall–Kier alpha value is -1.11. The number of sulfonamides is 1. The standard InChI is InChI=1S/C14H22N2O3S/c1-11-9-12(3-4-13(11)15)20(17,18)16-10-14(5-6-14)7-8-19-2/h3-4,9,16H,5-8,10,15H2,1-2H3. The fraction of sp³-hybridized carbons (Fsp3) is 0.571. The average Bonchev–Trinajstić information content (AvgIpc) is 3.18. The van der Waals surface area contributed by atoms with E-state index in [1.165, 1.54) is 0 Å². The van der Waals surface area contributed by atoms with Crippen LogP contribution < -0.4 is 10.5 Å². The third-order valence-electron chi connectivity index (χ3n) is 3.98. The lowest BCUT2D eigenvalue weighted by Gasteiger charge is -2.16. The quantitative estimate of drug-likeness (QED) is 0.750. The summed E-state index contributed by atoms with van der Waals surface area (Å²) in [6, 6.07) is 4.77. The van der Waals surface area contributed by atoms with Crippen LogP contribution in [0, 0.1) is 12.3 Å². The maximum absolute atomic E-state index is 12.3. The maximum Gasteiger partial charge on any atom is 0.240 e. The molecule has 112 valence electrons. The molecule has 0 aromatic heterocycles. The molecule has 2 rings (SSSR count). The molecule has 0 bridgehead atoms. The molecule has 1 saturated carbocycles. The van der Waals surface area contributed by atoms with E-state index in [2.05, 4.69) is 4.72 Å². The first-order chi connectivity index (χ1) is 9.38. The first-order valence-corrected chi connectivity index (χ1v) is 8.22. The van der Waals surface area contributed by atoms with Gasteiger partial charge in [0, 0.05) is 25.9 Å². The third kappa shape index (κ3) is 3.50. The molecular formula is C14H22N2O3S. The number of benzene rings is 1. The summed E-state index contributed by atoms with van der Waals surface area (Å²) < 4.78 is 32.3. The normalized spacial score (nSPS) is 17.1. The van der Waals surface area contributed by atoms with E-state index in [4.69, 9.17) is 10.5 Å². The van der Waals surface area contributed by atoms with Gasteiger partial charge in [0.25, 0.3) is 0 Å². The fourth-order valence-electron chi connectivity index (χ4n) is 2.16. The summed E-state index contributed by atoms with van der Waals surface area (Å²) in [7, 11) is -1.80. The Morgan fingerprint density at radius 1 is 1.40 bits per heavy atom. The molecule has 0 aliphatic heterocycles. The van der Waals surface area contributed by atoms with Crippen molar-refractivity contribution in [2.75, 3.05) is 26.0 Å². The molecule has 6 heteroatoms. The van der Waals surface area contributed by atoms with E-state index in [1.807, 2.05) is 0 Å². The van der Waals surface area contributed by atoms with Crippen molar-refractivity contribution >= 4 is 15.7 Å². The van der Waals surface area contributed by atoms with Crippen molar-refractivity contribution in [3.63, 3.8) is 0 Å². The number of anilines is 1. The van der Waals surface area contributed by atoms with Crippen LogP contribution in [0.2, 0.25) is 0 Å². The molecule has 0 heterocycles. The molecule has 3 N–H and O–H groups in total. The van der Waals surface area contributed by atoms with Crippen LogP contribution in [-0.2, 0) is 14.8 Å². The van der Waals surface area contributed by atoms with Gasteiger partial charge in [-0.05, 0) is 55.4 Å². The summed E-state index contributed by atoms with van der Waals surface area (Å²) in [6.45, 7) is 2.94. The first-order valence-electron chi connectivity index (χ1n) is 6.73. The van der Waals surface area contributed by atoms with Crippen LogP contribution in [0.15, 0.2) is 23.1 Å². The highest BCUT2D eigenvalue weighted by Crippen LogP contribution is 2.48. The molecule has 0 unspecified atom stereocenters. The number of rotatable bonds is 7. The Bertz CT molecular complexity index is 580. The summed E-state index contributed by atoms with van der Waals surface area (Å²) in [5.74, 6) is 0. The number of nitrogens with two attached hydrogens (primary N) is 1. The number of nitrogen functional groups attached to an aromatic ring is 1. The highest BCUT2D eigenvalue weighted by Gasteiger charge is 2.42. The number of nitrogens with one attached hydrogen (secondary N) is 1. The van der Waals surface area contributed by atoms with Crippen molar-refractivity contribution in [3.8, 4) is 0 Å². The van der Waals surface area contributed by atoms with E-state index < -0.39 is 10.0 Å². The van der Waals surface area contributed by atoms with Gasteiger partial charge in [0.05, 0.1) is 4.90 Å². The lowest BCUT2D eigenvalue weighted by Crippen LogP contribution is -2.31. The van der Waals surface area contributed by atoms with Crippen molar-refractivity contribution in [1.29, 1.82) is 0 Å². The molecule has 1 aromatic rings. The summed E-state index contributed by atoms with van der Waals surface area (Å²) in [5, 5.41) is 0. The lowest BCUT2D eigenvalue weighted by atomic mass is 10.0. The van der Waals surface area contributed by atoms with Crippen LogP contribution in [0.4, 0.5) is 5.69 Å². The summed E-state index contributed by atoms with van der Waals surface area (Å²) in [6.07, 6.45) is 3.01. The highest BCUT2D eigenvalue weighted by atomic mass is 32.2. The second-order valence-electron chi connectivity index (χ2n) is 5.59. The molecular weight excluding hydrogens is 276 g/mol. The number of hydrogen-bond acceptors (Lipinski definition) is 4. The van der Waals surface area contributed by atoms with Crippen LogP contribution in [0.3, 0.4) is 0 Å². The van der Waals surface area contributed by atoms with Crippen molar-refractivity contribution in [3.05, 3.63) is 23.8 Å². The molecule has 20 heavy (non-hydrogen) atoms. The molecule has 0 saturated heterocycles. The zero-order chi connectivity index (χ0) is 14.8. The van der Waals surface area contributed by atoms with E-state index in [1.54, 1.807) is 32.2 Å². The van der Waals surface area contributed by atoms with Gasteiger partial charge in [-0.3, -0.25) is 0 Å². The minimum absolute atomic E-state index is 0.0892. The van der Waals surface area contributed by atoms with E-state index in [9.17, 15) is 8.42 Å². The monoisotopic (exact) mass is 298 g/mol. The molecule has 1 aliphatic rings. The first kappa shape index (κ1) is 15.3. The Morgan fingerprint density at radius 2 is 2.10 bits per heavy atom. The van der Waals surface area contributed by atoms with Gasteiger partial charge in [-0.25, -0.2) is 13.1 Å². The predicted molar refractivity (Wildman–Crippen MR) is 78.9 cm³/mol. The summed E-state index contributed by atoms with van der Waals surface area (Å²) >= 11 is 0. The third-order valence-corrected chi connectivity index (χ3v) is 5.38. The Kier molecular flexibility index (Phi) is 4.36. The zero-order valence-electron chi connectivity index (χ0n) is 12.0. The average molecular weight is 298 g/mol. The second kappa shape index (κ2) is 5.71. The van der Waals surface area contributed by atoms with Gasteiger partial charge in [0.15, 0.2) is 0 Å². The molecule has 1 aromatic carbocycles. The number of methoxy groups -OCH3 is 1. The molecule has 0 spiro atoms. The Labute approximate surface area is 120 Å². The molecule has 0 amide bonds. The topological polar surface area (TPSA) is 81.4 Å². The maximum atomic E-state index is 12.3. The van der Waals surface area contributed by atoms with Crippen LogP contribution in [0.1, 0.15) is 24.8 Å². The zero-order valence-corrected chi connectivity index (χ0v) is 12.8. The predicted octanol–water partition coefficient (Wildman–Crippen LogP) is 1.67. The van der Waals surface area contributed by atoms with Crippen molar-refractivity contribution in [2.45, 2.75) is 31.1 Å². The van der Waals surface area contributed by atoms with E-state index in [-0.39, 0.29) is 10.3 Å². The molecule has 1 fully saturated rings. The van der Waals surface area contributed by atoms with Gasteiger partial charge in [0.1, 0.15) is 0 Å². The van der Waals surface area contributed by atoms with Gasteiger partial charge in [-0.1, -0.05) is 0 Å². The largest absolute Gasteiger partial charge is 0.399 e.